The van der Waals surface area contributed by atoms with Gasteiger partial charge in [-0.05, 0) is 48.9 Å². The quantitative estimate of drug-likeness (QED) is 0.688. The third-order valence-corrected chi connectivity index (χ3v) is 4.54. The summed E-state index contributed by atoms with van der Waals surface area (Å²) in [4.78, 5) is 0.193. The summed E-state index contributed by atoms with van der Waals surface area (Å²) >= 11 is 0. The first-order chi connectivity index (χ1) is 11.1. The Balaban J connectivity index is 1.74. The van der Waals surface area contributed by atoms with Crippen molar-refractivity contribution >= 4 is 22.1 Å². The van der Waals surface area contributed by atoms with E-state index in [9.17, 15) is 8.42 Å². The predicted molar refractivity (Wildman–Crippen MR) is 88.5 cm³/mol. The molecule has 0 aromatic heterocycles. The Kier molecular flexibility index (Phi) is 4.12. The molecule has 0 fully saturated rings. The zero-order valence-corrected chi connectivity index (χ0v) is 13.2. The lowest BCUT2D eigenvalue weighted by Gasteiger charge is -2.02. The van der Waals surface area contributed by atoms with Crippen LogP contribution in [0.5, 0.6) is 5.75 Å². The number of ether oxygens (including phenoxy) is 1. The summed E-state index contributed by atoms with van der Waals surface area (Å²) in [6, 6.07) is 14.0. The van der Waals surface area contributed by atoms with Crippen LogP contribution in [-0.4, -0.2) is 27.1 Å². The fraction of sp³-hybridized carbons (Fsp3) is 0.125. The van der Waals surface area contributed by atoms with Crippen molar-refractivity contribution in [1.29, 1.82) is 0 Å². The number of rotatable bonds is 4. The highest BCUT2D eigenvalue weighted by Crippen LogP contribution is 2.24. The Labute approximate surface area is 134 Å². The molecule has 1 N–H and O–H groups in total. The molecule has 2 aromatic rings. The van der Waals surface area contributed by atoms with E-state index in [-0.39, 0.29) is 10.7 Å². The Morgan fingerprint density at radius 1 is 1.17 bits per heavy atom. The van der Waals surface area contributed by atoms with Crippen molar-refractivity contribution in [2.45, 2.75) is 11.8 Å². The van der Waals surface area contributed by atoms with Crippen molar-refractivity contribution < 1.29 is 13.2 Å². The molecule has 118 valence electrons. The van der Waals surface area contributed by atoms with Gasteiger partial charge in [0.25, 0.3) is 10.0 Å². The highest BCUT2D eigenvalue weighted by atomic mass is 32.2. The fourth-order valence-corrected chi connectivity index (χ4v) is 3.34. The number of hydrogen-bond acceptors (Lipinski definition) is 5. The number of fused-ring (bicyclic) bond motifs is 1. The largest absolute Gasteiger partial charge is 0.494 e. The topological polar surface area (TPSA) is 80.1 Å². The van der Waals surface area contributed by atoms with Crippen LogP contribution in [0.4, 0.5) is 0 Å². The summed E-state index contributed by atoms with van der Waals surface area (Å²) in [5, 5.41) is 4.05. The van der Waals surface area contributed by atoms with Crippen LogP contribution in [0.1, 0.15) is 18.1 Å². The molecule has 1 aliphatic rings. The molecular weight excluding hydrogens is 314 g/mol. The van der Waals surface area contributed by atoms with Gasteiger partial charge >= 0.3 is 0 Å². The second-order valence-corrected chi connectivity index (χ2v) is 6.36. The first kappa shape index (κ1) is 15.2. The van der Waals surface area contributed by atoms with Crippen LogP contribution in [0.15, 0.2) is 62.9 Å². The number of amidine groups is 1. The lowest BCUT2D eigenvalue weighted by molar-refractivity contribution is 0.340. The highest BCUT2D eigenvalue weighted by Gasteiger charge is 2.28. The molecule has 2 aromatic carbocycles. The monoisotopic (exact) mass is 329 g/mol. The first-order valence-electron chi connectivity index (χ1n) is 7.06. The maximum absolute atomic E-state index is 11.9. The molecule has 0 atom stereocenters. The van der Waals surface area contributed by atoms with Gasteiger partial charge in [-0.3, -0.25) is 5.43 Å². The van der Waals surface area contributed by atoms with E-state index in [1.165, 1.54) is 6.07 Å². The van der Waals surface area contributed by atoms with E-state index in [1.54, 1.807) is 24.4 Å². The van der Waals surface area contributed by atoms with E-state index in [2.05, 4.69) is 14.9 Å². The molecule has 0 spiro atoms. The Bertz CT molecular complexity index is 872. The van der Waals surface area contributed by atoms with Crippen LogP contribution in [0.3, 0.4) is 0 Å². The van der Waals surface area contributed by atoms with Crippen molar-refractivity contribution in [3.8, 4) is 5.75 Å². The van der Waals surface area contributed by atoms with Crippen LogP contribution in [-0.2, 0) is 10.0 Å². The van der Waals surface area contributed by atoms with Gasteiger partial charge in [0.05, 0.1) is 12.8 Å². The fourth-order valence-electron chi connectivity index (χ4n) is 2.17. The van der Waals surface area contributed by atoms with Crippen molar-refractivity contribution in [3.05, 3.63) is 59.7 Å². The molecule has 1 heterocycles. The van der Waals surface area contributed by atoms with Crippen molar-refractivity contribution in [3.63, 3.8) is 0 Å². The third-order valence-electron chi connectivity index (χ3n) is 3.21. The van der Waals surface area contributed by atoms with E-state index >= 15 is 0 Å². The molecule has 0 saturated carbocycles. The average Bonchev–Trinajstić information content (AvgIpc) is 2.81. The molecule has 0 amide bonds. The van der Waals surface area contributed by atoms with Gasteiger partial charge < -0.3 is 4.74 Å². The molecule has 0 radical (unpaired) electrons. The maximum Gasteiger partial charge on any atom is 0.285 e. The minimum Gasteiger partial charge on any atom is -0.494 e. The van der Waals surface area contributed by atoms with E-state index < -0.39 is 10.0 Å². The van der Waals surface area contributed by atoms with Crippen LogP contribution in [0.25, 0.3) is 0 Å². The molecule has 0 bridgehead atoms. The van der Waals surface area contributed by atoms with Gasteiger partial charge in [0.15, 0.2) is 5.84 Å². The van der Waals surface area contributed by atoms with E-state index in [0.29, 0.717) is 12.2 Å². The SMILES string of the molecule is CCOc1ccc(C=NNC2=NS(=O)(=O)c3ccccc32)cc1. The summed E-state index contributed by atoms with van der Waals surface area (Å²) in [6.45, 7) is 2.54. The van der Waals surface area contributed by atoms with Gasteiger partial charge in [0.1, 0.15) is 10.6 Å². The summed E-state index contributed by atoms with van der Waals surface area (Å²) in [5.41, 5.74) is 4.07. The standard InChI is InChI=1S/C16H15N3O3S/c1-2-22-13-9-7-12(8-10-13)11-17-18-16-14-5-3-4-6-15(14)23(20,21)19-16/h3-11H,2H2,1H3,(H,18,19). The first-order valence-corrected chi connectivity index (χ1v) is 8.50. The smallest absolute Gasteiger partial charge is 0.285 e. The molecule has 6 nitrogen and oxygen atoms in total. The highest BCUT2D eigenvalue weighted by molar-refractivity contribution is 7.90. The molecule has 7 heteroatoms. The molecule has 0 aliphatic carbocycles. The number of nitrogens with one attached hydrogen (secondary N) is 1. The van der Waals surface area contributed by atoms with E-state index in [4.69, 9.17) is 4.74 Å². The second-order valence-electron chi connectivity index (χ2n) is 4.78. The second kappa shape index (κ2) is 6.21. The lowest BCUT2D eigenvalue weighted by Crippen LogP contribution is -2.17. The molecular formula is C16H15N3O3S. The zero-order valence-electron chi connectivity index (χ0n) is 12.4. The maximum atomic E-state index is 11.9. The van der Waals surface area contributed by atoms with E-state index in [1.807, 2.05) is 31.2 Å². The van der Waals surface area contributed by atoms with Gasteiger partial charge in [-0.25, -0.2) is 0 Å². The molecule has 0 unspecified atom stereocenters. The average molecular weight is 329 g/mol. The summed E-state index contributed by atoms with van der Waals surface area (Å²) in [6.07, 6.45) is 1.59. The van der Waals surface area contributed by atoms with Gasteiger partial charge in [-0.15, -0.1) is 4.40 Å². The van der Waals surface area contributed by atoms with Gasteiger partial charge in [0, 0.05) is 5.56 Å². The molecule has 1 aliphatic heterocycles. The third kappa shape index (κ3) is 3.24. The number of hydrogen-bond donors (Lipinski definition) is 1. The summed E-state index contributed by atoms with van der Waals surface area (Å²) in [7, 11) is -3.63. The van der Waals surface area contributed by atoms with Crippen LogP contribution in [0, 0.1) is 0 Å². The number of benzene rings is 2. The summed E-state index contributed by atoms with van der Waals surface area (Å²) < 4.78 is 32.9. The number of nitrogens with zero attached hydrogens (tertiary/aromatic N) is 2. The van der Waals surface area contributed by atoms with Crippen LogP contribution >= 0.6 is 0 Å². The normalized spacial score (nSPS) is 15.3. The van der Waals surface area contributed by atoms with Gasteiger partial charge in [-0.1, -0.05) is 12.1 Å². The Morgan fingerprint density at radius 2 is 1.91 bits per heavy atom. The van der Waals surface area contributed by atoms with Crippen LogP contribution in [0.2, 0.25) is 0 Å². The van der Waals surface area contributed by atoms with Crippen LogP contribution < -0.4 is 10.2 Å². The number of sulfonamides is 1. The molecule has 0 saturated heterocycles. The number of hydrazone groups is 1. The molecule has 23 heavy (non-hydrogen) atoms. The van der Waals surface area contributed by atoms with Crippen molar-refractivity contribution in [2.75, 3.05) is 6.61 Å². The summed E-state index contributed by atoms with van der Waals surface area (Å²) in [5.74, 6) is 1.01. The minimum atomic E-state index is -3.63. The van der Waals surface area contributed by atoms with E-state index in [0.717, 1.165) is 11.3 Å². The lowest BCUT2D eigenvalue weighted by atomic mass is 10.2. The zero-order chi connectivity index (χ0) is 16.3. The minimum absolute atomic E-state index is 0.193. The van der Waals surface area contributed by atoms with Crippen molar-refractivity contribution in [1.82, 2.24) is 5.43 Å². The van der Waals surface area contributed by atoms with Gasteiger partial charge in [-0.2, -0.15) is 13.5 Å². The Hall–Kier alpha value is -2.67. The Morgan fingerprint density at radius 3 is 2.65 bits per heavy atom. The predicted octanol–water partition coefficient (Wildman–Crippen LogP) is 2.16. The van der Waals surface area contributed by atoms with Gasteiger partial charge in [0.2, 0.25) is 0 Å². The molecule has 3 rings (SSSR count). The van der Waals surface area contributed by atoms with Crippen molar-refractivity contribution in [2.24, 2.45) is 9.50 Å².